The molecule has 5 unspecified atom stereocenters. The van der Waals surface area contributed by atoms with Crippen LogP contribution in [0.25, 0.3) is 0 Å². The molecule has 0 bridgehead atoms. The molecule has 0 radical (unpaired) electrons. The monoisotopic (exact) mass is 371 g/mol. The van der Waals surface area contributed by atoms with Gasteiger partial charge in [-0.25, -0.2) is 0 Å². The highest BCUT2D eigenvalue weighted by atomic mass is 16.7. The molecule has 2 fully saturated rings. The zero-order valence-electron chi connectivity index (χ0n) is 17.1. The zero-order chi connectivity index (χ0) is 18.9. The van der Waals surface area contributed by atoms with E-state index in [0.29, 0.717) is 0 Å². The molecule has 6 atom stereocenters. The summed E-state index contributed by atoms with van der Waals surface area (Å²) in [6.07, 6.45) is 11.8. The highest BCUT2D eigenvalue weighted by molar-refractivity contribution is 4.86. The van der Waals surface area contributed by atoms with Crippen molar-refractivity contribution in [2.24, 2.45) is 0 Å². The Kier molecular flexibility index (Phi) is 9.86. The fourth-order valence-electron chi connectivity index (χ4n) is 4.30. The predicted molar refractivity (Wildman–Crippen MR) is 104 cm³/mol. The molecule has 1 saturated carbocycles. The number of likely N-dealkylation sites (N-methyl/N-ethyl adjacent to an activating group) is 1. The number of ether oxygens (including phenoxy) is 2. The molecule has 1 aliphatic heterocycles. The minimum Gasteiger partial charge on any atom is -0.393 e. The van der Waals surface area contributed by atoms with Crippen LogP contribution < -0.4 is 0 Å². The number of aliphatic hydroxyl groups is 2. The molecule has 154 valence electrons. The second kappa shape index (κ2) is 11.6. The third-order valence-electron chi connectivity index (χ3n) is 5.98. The van der Waals surface area contributed by atoms with Gasteiger partial charge in [0.05, 0.1) is 18.3 Å². The van der Waals surface area contributed by atoms with Gasteiger partial charge in [-0.2, -0.15) is 0 Å². The molecule has 0 aromatic carbocycles. The summed E-state index contributed by atoms with van der Waals surface area (Å²) < 4.78 is 12.2. The molecular weight excluding hydrogens is 330 g/mol. The van der Waals surface area contributed by atoms with E-state index in [1.807, 2.05) is 14.1 Å². The quantitative estimate of drug-likeness (QED) is 0.795. The van der Waals surface area contributed by atoms with Crippen molar-refractivity contribution in [2.75, 3.05) is 14.1 Å². The summed E-state index contributed by atoms with van der Waals surface area (Å²) in [7, 11) is 4.01. The molecule has 0 spiro atoms. The Bertz CT molecular complexity index is 379. The van der Waals surface area contributed by atoms with E-state index in [1.165, 1.54) is 25.7 Å². The lowest BCUT2D eigenvalue weighted by Gasteiger charge is -2.42. The summed E-state index contributed by atoms with van der Waals surface area (Å²) in [6.45, 7) is 2.06. The average Bonchev–Trinajstić information content (AvgIpc) is 2.61. The summed E-state index contributed by atoms with van der Waals surface area (Å²) in [5.74, 6) is 0. The summed E-state index contributed by atoms with van der Waals surface area (Å²) >= 11 is 0. The molecule has 2 N–H and O–H groups in total. The molecule has 0 aromatic heterocycles. The van der Waals surface area contributed by atoms with Crippen molar-refractivity contribution >= 4 is 0 Å². The van der Waals surface area contributed by atoms with Crippen molar-refractivity contribution < 1.29 is 19.7 Å². The zero-order valence-corrected chi connectivity index (χ0v) is 17.1. The summed E-state index contributed by atoms with van der Waals surface area (Å²) in [4.78, 5) is 2.08. The molecule has 2 aliphatic rings. The van der Waals surface area contributed by atoms with Crippen LogP contribution in [-0.4, -0.2) is 66.0 Å². The van der Waals surface area contributed by atoms with Gasteiger partial charge in [-0.05, 0) is 53.1 Å². The third kappa shape index (κ3) is 7.43. The largest absolute Gasteiger partial charge is 0.393 e. The highest BCUT2D eigenvalue weighted by Gasteiger charge is 2.39. The fourth-order valence-corrected chi connectivity index (χ4v) is 4.30. The highest BCUT2D eigenvalue weighted by Crippen LogP contribution is 2.27. The van der Waals surface area contributed by atoms with Gasteiger partial charge in [-0.3, -0.25) is 0 Å². The van der Waals surface area contributed by atoms with E-state index < -0.39 is 12.4 Å². The second-order valence-electron chi connectivity index (χ2n) is 8.61. The van der Waals surface area contributed by atoms with E-state index in [1.54, 1.807) is 0 Å². The Balaban J connectivity index is 1.90. The number of hydrogen-bond donors (Lipinski definition) is 2. The smallest absolute Gasteiger partial charge is 0.185 e. The standard InChI is InChI=1S/C21H41NO4/c1-16-15-19(22(2)3)20(24)21(25-16)26-18-13-8-6-4-5-7-11-17(23)12-9-10-14-18/h16-21,23-24H,4-15H2,1-3H3/t16-,17?,18?,19?,20?,21?/m1/s1. The minimum absolute atomic E-state index is 0.0775. The van der Waals surface area contributed by atoms with E-state index in [2.05, 4.69) is 11.8 Å². The van der Waals surface area contributed by atoms with Crippen LogP contribution >= 0.6 is 0 Å². The Morgan fingerprint density at radius 3 is 2.04 bits per heavy atom. The molecular formula is C21H41NO4. The van der Waals surface area contributed by atoms with Gasteiger partial charge >= 0.3 is 0 Å². The molecule has 0 amide bonds. The normalized spacial score (nSPS) is 39.0. The molecule has 1 heterocycles. The van der Waals surface area contributed by atoms with E-state index in [0.717, 1.165) is 51.4 Å². The first-order valence-electron chi connectivity index (χ1n) is 10.8. The van der Waals surface area contributed by atoms with Crippen LogP contribution in [-0.2, 0) is 9.47 Å². The summed E-state index contributed by atoms with van der Waals surface area (Å²) in [5.41, 5.74) is 0. The lowest BCUT2D eigenvalue weighted by molar-refractivity contribution is -0.269. The number of aliphatic hydroxyl groups excluding tert-OH is 2. The van der Waals surface area contributed by atoms with Crippen LogP contribution in [0.3, 0.4) is 0 Å². The van der Waals surface area contributed by atoms with Gasteiger partial charge in [0.2, 0.25) is 0 Å². The molecule has 26 heavy (non-hydrogen) atoms. The van der Waals surface area contributed by atoms with Gasteiger partial charge in [0.25, 0.3) is 0 Å². The minimum atomic E-state index is -0.604. The summed E-state index contributed by atoms with van der Waals surface area (Å²) in [6, 6.07) is 0.0775. The average molecular weight is 372 g/mol. The van der Waals surface area contributed by atoms with Crippen LogP contribution in [0.2, 0.25) is 0 Å². The lowest BCUT2D eigenvalue weighted by Crippen LogP contribution is -2.54. The first-order chi connectivity index (χ1) is 12.5. The molecule has 5 heteroatoms. The fraction of sp³-hybridized carbons (Fsp3) is 1.00. The Morgan fingerprint density at radius 1 is 0.846 bits per heavy atom. The Morgan fingerprint density at radius 2 is 1.38 bits per heavy atom. The maximum absolute atomic E-state index is 10.7. The van der Waals surface area contributed by atoms with Crippen LogP contribution in [0.15, 0.2) is 0 Å². The van der Waals surface area contributed by atoms with E-state index in [9.17, 15) is 10.2 Å². The van der Waals surface area contributed by atoms with E-state index in [-0.39, 0.29) is 24.4 Å². The first kappa shape index (κ1) is 22.1. The molecule has 0 aromatic rings. The van der Waals surface area contributed by atoms with Crippen molar-refractivity contribution in [3.05, 3.63) is 0 Å². The second-order valence-corrected chi connectivity index (χ2v) is 8.61. The van der Waals surface area contributed by atoms with Crippen molar-refractivity contribution in [3.63, 3.8) is 0 Å². The topological polar surface area (TPSA) is 62.2 Å². The van der Waals surface area contributed by atoms with Crippen LogP contribution in [0, 0.1) is 0 Å². The molecule has 1 aliphatic carbocycles. The number of rotatable bonds is 3. The van der Waals surface area contributed by atoms with Gasteiger partial charge in [0, 0.05) is 6.04 Å². The third-order valence-corrected chi connectivity index (χ3v) is 5.98. The number of hydrogen-bond acceptors (Lipinski definition) is 5. The SMILES string of the molecule is C[C@@H]1CC(N(C)C)C(O)C(OC2CCCCCCCC(O)CCCC2)O1. The lowest BCUT2D eigenvalue weighted by atomic mass is 9.98. The van der Waals surface area contributed by atoms with Gasteiger partial charge in [-0.15, -0.1) is 0 Å². The first-order valence-corrected chi connectivity index (χ1v) is 10.8. The molecule has 2 rings (SSSR count). The maximum atomic E-state index is 10.7. The van der Waals surface area contributed by atoms with Gasteiger partial charge in [0.15, 0.2) is 6.29 Å². The van der Waals surface area contributed by atoms with Crippen LogP contribution in [0.4, 0.5) is 0 Å². The Labute approximate surface area is 160 Å². The van der Waals surface area contributed by atoms with Crippen molar-refractivity contribution in [2.45, 2.75) is 121 Å². The summed E-state index contributed by atoms with van der Waals surface area (Å²) in [5, 5.41) is 20.7. The Hall–Kier alpha value is -0.200. The molecule has 5 nitrogen and oxygen atoms in total. The van der Waals surface area contributed by atoms with E-state index >= 15 is 0 Å². The maximum Gasteiger partial charge on any atom is 0.185 e. The van der Waals surface area contributed by atoms with Gasteiger partial charge in [-0.1, -0.05) is 44.9 Å². The van der Waals surface area contributed by atoms with Crippen molar-refractivity contribution in [1.82, 2.24) is 4.90 Å². The van der Waals surface area contributed by atoms with Crippen LogP contribution in [0.1, 0.15) is 84.0 Å². The molecule has 1 saturated heterocycles. The van der Waals surface area contributed by atoms with Crippen molar-refractivity contribution in [3.8, 4) is 0 Å². The van der Waals surface area contributed by atoms with Gasteiger partial charge < -0.3 is 24.6 Å². The van der Waals surface area contributed by atoms with E-state index in [4.69, 9.17) is 9.47 Å². The van der Waals surface area contributed by atoms with Crippen LogP contribution in [0.5, 0.6) is 0 Å². The van der Waals surface area contributed by atoms with Crippen molar-refractivity contribution in [1.29, 1.82) is 0 Å². The predicted octanol–water partition coefficient (Wildman–Crippen LogP) is 3.46. The van der Waals surface area contributed by atoms with Gasteiger partial charge in [0.1, 0.15) is 6.10 Å². The number of nitrogens with zero attached hydrogens (tertiary/aromatic N) is 1.